The van der Waals surface area contributed by atoms with Gasteiger partial charge in [0, 0.05) is 30.9 Å². The summed E-state index contributed by atoms with van der Waals surface area (Å²) in [7, 11) is 0. The topological polar surface area (TPSA) is 58.4 Å². The molecule has 2 heterocycles. The van der Waals surface area contributed by atoms with Crippen LogP contribution in [-0.2, 0) is 11.3 Å². The SMILES string of the molecule is CC(C)=C(F)C(=O)N1CCC(c2ccnn2CCO)CC1. The summed E-state index contributed by atoms with van der Waals surface area (Å²) in [6, 6.07) is 1.95. The predicted molar refractivity (Wildman–Crippen MR) is 77.3 cm³/mol. The molecule has 1 N–H and O–H groups in total. The number of nitrogens with zero attached hydrogens (tertiary/aromatic N) is 3. The number of rotatable bonds is 4. The molecule has 2 rings (SSSR count). The van der Waals surface area contributed by atoms with Crippen LogP contribution in [0.25, 0.3) is 0 Å². The van der Waals surface area contributed by atoms with Gasteiger partial charge in [-0.05, 0) is 38.3 Å². The van der Waals surface area contributed by atoms with Crippen LogP contribution in [0.2, 0.25) is 0 Å². The Morgan fingerprint density at radius 1 is 1.43 bits per heavy atom. The Kier molecular flexibility index (Phi) is 5.12. The summed E-state index contributed by atoms with van der Waals surface area (Å²) < 4.78 is 15.5. The van der Waals surface area contributed by atoms with Crippen molar-refractivity contribution in [3.63, 3.8) is 0 Å². The van der Waals surface area contributed by atoms with Crippen molar-refractivity contribution >= 4 is 5.91 Å². The number of allylic oxidation sites excluding steroid dienone is 1. The lowest BCUT2D eigenvalue weighted by Crippen LogP contribution is -2.38. The van der Waals surface area contributed by atoms with Gasteiger partial charge in [-0.1, -0.05) is 0 Å². The standard InChI is InChI=1S/C15H22FN3O2/c1-11(2)14(16)15(21)18-7-4-12(5-8-18)13-3-6-17-19(13)9-10-20/h3,6,12,20H,4-5,7-10H2,1-2H3. The Balaban J connectivity index is 1.99. The van der Waals surface area contributed by atoms with Gasteiger partial charge in [0.1, 0.15) is 0 Å². The van der Waals surface area contributed by atoms with Gasteiger partial charge in [-0.25, -0.2) is 4.39 Å². The second-order valence-corrected chi connectivity index (χ2v) is 5.58. The summed E-state index contributed by atoms with van der Waals surface area (Å²) in [6.45, 7) is 4.84. The lowest BCUT2D eigenvalue weighted by atomic mass is 9.93. The molecular weight excluding hydrogens is 273 g/mol. The molecule has 116 valence electrons. The Bertz CT molecular complexity index is 527. The molecule has 1 saturated heterocycles. The number of aromatic nitrogens is 2. The second kappa shape index (κ2) is 6.85. The van der Waals surface area contributed by atoms with E-state index in [0.717, 1.165) is 18.5 Å². The van der Waals surface area contributed by atoms with Gasteiger partial charge in [-0.2, -0.15) is 5.10 Å². The van der Waals surface area contributed by atoms with Crippen molar-refractivity contribution < 1.29 is 14.3 Å². The third kappa shape index (κ3) is 3.50. The molecule has 0 saturated carbocycles. The fourth-order valence-electron chi connectivity index (χ4n) is 2.70. The van der Waals surface area contributed by atoms with Crippen molar-refractivity contribution in [2.45, 2.75) is 39.2 Å². The summed E-state index contributed by atoms with van der Waals surface area (Å²) in [4.78, 5) is 13.5. The fourth-order valence-corrected chi connectivity index (χ4v) is 2.70. The number of carbonyl (C=O) groups is 1. The maximum Gasteiger partial charge on any atom is 0.282 e. The quantitative estimate of drug-likeness (QED) is 0.862. The van der Waals surface area contributed by atoms with E-state index in [1.54, 1.807) is 29.6 Å². The molecule has 1 fully saturated rings. The number of aliphatic hydroxyl groups excluding tert-OH is 1. The van der Waals surface area contributed by atoms with E-state index in [1.165, 1.54) is 0 Å². The van der Waals surface area contributed by atoms with Crippen LogP contribution < -0.4 is 0 Å². The van der Waals surface area contributed by atoms with Gasteiger partial charge in [0.2, 0.25) is 0 Å². The van der Waals surface area contributed by atoms with Gasteiger partial charge in [0.15, 0.2) is 5.83 Å². The lowest BCUT2D eigenvalue weighted by molar-refractivity contribution is -0.129. The molecular formula is C15H22FN3O2. The molecule has 1 aliphatic rings. The Morgan fingerprint density at radius 2 is 2.10 bits per heavy atom. The first-order chi connectivity index (χ1) is 10.0. The molecule has 0 spiro atoms. The fraction of sp³-hybridized carbons (Fsp3) is 0.600. The van der Waals surface area contributed by atoms with Gasteiger partial charge < -0.3 is 10.0 Å². The van der Waals surface area contributed by atoms with Gasteiger partial charge >= 0.3 is 0 Å². The zero-order chi connectivity index (χ0) is 15.4. The summed E-state index contributed by atoms with van der Waals surface area (Å²) in [5.74, 6) is -0.839. The van der Waals surface area contributed by atoms with Gasteiger partial charge in [-0.15, -0.1) is 0 Å². The molecule has 1 amide bonds. The number of hydrogen-bond donors (Lipinski definition) is 1. The second-order valence-electron chi connectivity index (χ2n) is 5.58. The van der Waals surface area contributed by atoms with Crippen molar-refractivity contribution in [3.05, 3.63) is 29.4 Å². The van der Waals surface area contributed by atoms with Crippen LogP contribution in [0.4, 0.5) is 4.39 Å². The molecule has 1 aromatic rings. The van der Waals surface area contributed by atoms with E-state index in [0.29, 0.717) is 31.1 Å². The van der Waals surface area contributed by atoms with Crippen LogP contribution in [0, 0.1) is 0 Å². The van der Waals surface area contributed by atoms with E-state index in [-0.39, 0.29) is 6.61 Å². The van der Waals surface area contributed by atoms with Crippen molar-refractivity contribution in [3.8, 4) is 0 Å². The highest BCUT2D eigenvalue weighted by atomic mass is 19.1. The normalized spacial score (nSPS) is 16.1. The summed E-state index contributed by atoms with van der Waals surface area (Å²) >= 11 is 0. The molecule has 0 aliphatic carbocycles. The Morgan fingerprint density at radius 3 is 2.67 bits per heavy atom. The Hall–Kier alpha value is -1.69. The van der Waals surface area contributed by atoms with E-state index in [1.807, 2.05) is 6.07 Å². The molecule has 1 aromatic heterocycles. The molecule has 6 heteroatoms. The lowest BCUT2D eigenvalue weighted by Gasteiger charge is -2.32. The molecule has 0 radical (unpaired) electrons. The average molecular weight is 295 g/mol. The predicted octanol–water partition coefficient (Wildman–Crippen LogP) is 1.84. The summed E-state index contributed by atoms with van der Waals surface area (Å²) in [5.41, 5.74) is 1.50. The number of aliphatic hydroxyl groups is 1. The molecule has 0 unspecified atom stereocenters. The average Bonchev–Trinajstić information content (AvgIpc) is 2.94. The minimum atomic E-state index is -0.640. The van der Waals surface area contributed by atoms with E-state index in [4.69, 9.17) is 5.11 Å². The van der Waals surface area contributed by atoms with Gasteiger partial charge in [0.05, 0.1) is 13.2 Å². The first-order valence-corrected chi connectivity index (χ1v) is 7.29. The summed E-state index contributed by atoms with van der Waals surface area (Å²) in [5, 5.41) is 13.2. The number of carbonyl (C=O) groups excluding carboxylic acids is 1. The first kappa shape index (κ1) is 15.7. The number of likely N-dealkylation sites (tertiary alicyclic amines) is 1. The zero-order valence-corrected chi connectivity index (χ0v) is 12.5. The number of halogens is 1. The van der Waals surface area contributed by atoms with E-state index in [2.05, 4.69) is 5.10 Å². The molecule has 1 aliphatic heterocycles. The minimum Gasteiger partial charge on any atom is -0.394 e. The largest absolute Gasteiger partial charge is 0.394 e. The Labute approximate surface area is 124 Å². The number of piperidine rings is 1. The highest BCUT2D eigenvalue weighted by Crippen LogP contribution is 2.28. The molecule has 0 atom stereocenters. The molecule has 0 aromatic carbocycles. The van der Waals surface area contributed by atoms with E-state index in [9.17, 15) is 9.18 Å². The summed E-state index contributed by atoms with van der Waals surface area (Å²) in [6.07, 6.45) is 3.31. The third-order valence-electron chi connectivity index (χ3n) is 3.89. The van der Waals surface area contributed by atoms with Crippen LogP contribution >= 0.6 is 0 Å². The van der Waals surface area contributed by atoms with Crippen molar-refractivity contribution in [1.82, 2.24) is 14.7 Å². The highest BCUT2D eigenvalue weighted by Gasteiger charge is 2.27. The highest BCUT2D eigenvalue weighted by molar-refractivity contribution is 5.91. The van der Waals surface area contributed by atoms with Crippen LogP contribution in [0.3, 0.4) is 0 Å². The van der Waals surface area contributed by atoms with Crippen molar-refractivity contribution in [2.75, 3.05) is 19.7 Å². The third-order valence-corrected chi connectivity index (χ3v) is 3.89. The minimum absolute atomic E-state index is 0.0534. The van der Waals surface area contributed by atoms with E-state index >= 15 is 0 Å². The first-order valence-electron chi connectivity index (χ1n) is 7.29. The van der Waals surface area contributed by atoms with Crippen LogP contribution in [0.5, 0.6) is 0 Å². The molecule has 5 nitrogen and oxygen atoms in total. The van der Waals surface area contributed by atoms with E-state index < -0.39 is 11.7 Å². The number of amides is 1. The molecule has 0 bridgehead atoms. The van der Waals surface area contributed by atoms with Crippen molar-refractivity contribution in [1.29, 1.82) is 0 Å². The van der Waals surface area contributed by atoms with Crippen molar-refractivity contribution in [2.24, 2.45) is 0 Å². The van der Waals surface area contributed by atoms with Crippen LogP contribution in [-0.4, -0.2) is 45.4 Å². The van der Waals surface area contributed by atoms with Gasteiger partial charge in [-0.3, -0.25) is 9.48 Å². The number of hydrogen-bond acceptors (Lipinski definition) is 3. The maximum atomic E-state index is 13.7. The monoisotopic (exact) mass is 295 g/mol. The smallest absolute Gasteiger partial charge is 0.282 e. The molecule has 21 heavy (non-hydrogen) atoms. The maximum absolute atomic E-state index is 13.7. The van der Waals surface area contributed by atoms with Crippen LogP contribution in [0.15, 0.2) is 23.7 Å². The zero-order valence-electron chi connectivity index (χ0n) is 12.5. The van der Waals surface area contributed by atoms with Gasteiger partial charge in [0.25, 0.3) is 5.91 Å². The van der Waals surface area contributed by atoms with Crippen LogP contribution in [0.1, 0.15) is 38.3 Å².